The molecule has 4 heteroatoms. The minimum absolute atomic E-state index is 0.0786. The van der Waals surface area contributed by atoms with Crippen molar-refractivity contribution >= 4 is 8.80 Å². The van der Waals surface area contributed by atoms with Crippen LogP contribution in [0.25, 0.3) is 0 Å². The van der Waals surface area contributed by atoms with Gasteiger partial charge in [-0.05, 0) is 33.6 Å². The summed E-state index contributed by atoms with van der Waals surface area (Å²) in [6.45, 7) is 13.4. The molecule has 0 aromatic carbocycles. The number of hydrogen-bond acceptors (Lipinski definition) is 3. The Hall–Kier alpha value is 0.0969. The molecule has 3 nitrogen and oxygen atoms in total. The molecular weight excluding hydrogens is 256 g/mol. The summed E-state index contributed by atoms with van der Waals surface area (Å²) in [7, 11) is -2.65. The summed E-state index contributed by atoms with van der Waals surface area (Å²) in [6, 6.07) is 0. The van der Waals surface area contributed by atoms with Crippen LogP contribution < -0.4 is 0 Å². The summed E-state index contributed by atoms with van der Waals surface area (Å²) in [5.74, 6) is 0. The van der Waals surface area contributed by atoms with Gasteiger partial charge in [-0.2, -0.15) is 0 Å². The van der Waals surface area contributed by atoms with Crippen LogP contribution >= 0.6 is 0 Å². The Morgan fingerprint density at radius 1 is 1.11 bits per heavy atom. The maximum absolute atomic E-state index is 6.49. The maximum Gasteiger partial charge on any atom is 0.507 e. The van der Waals surface area contributed by atoms with E-state index in [0.717, 1.165) is 12.8 Å². The zero-order chi connectivity index (χ0) is 14.5. The Bertz CT molecular complexity index is 257. The van der Waals surface area contributed by atoms with E-state index in [0.29, 0.717) is 12.7 Å². The monoisotopic (exact) mass is 288 g/mol. The van der Waals surface area contributed by atoms with Crippen molar-refractivity contribution in [3.05, 3.63) is 0 Å². The maximum atomic E-state index is 6.49. The molecule has 0 aliphatic heterocycles. The van der Waals surface area contributed by atoms with E-state index < -0.39 is 8.80 Å². The van der Waals surface area contributed by atoms with Crippen molar-refractivity contribution in [2.24, 2.45) is 0 Å². The second-order valence-electron chi connectivity index (χ2n) is 6.78. The minimum Gasteiger partial charge on any atom is -0.373 e. The van der Waals surface area contributed by atoms with Crippen LogP contribution in [0, 0.1) is 0 Å². The highest BCUT2D eigenvalue weighted by atomic mass is 28.4. The van der Waals surface area contributed by atoms with Crippen molar-refractivity contribution in [1.82, 2.24) is 0 Å². The van der Waals surface area contributed by atoms with Crippen molar-refractivity contribution in [1.29, 1.82) is 0 Å². The standard InChI is InChI=1S/C15H32O3Si/c1-7-16-19(15(4,5)6,17-13(2)3)18-14-11-9-8-10-12-14/h13-14H,7-12H2,1-6H3. The summed E-state index contributed by atoms with van der Waals surface area (Å²) in [4.78, 5) is 0. The van der Waals surface area contributed by atoms with Crippen LogP contribution in [0.15, 0.2) is 0 Å². The van der Waals surface area contributed by atoms with E-state index in [1.807, 2.05) is 6.92 Å². The fraction of sp³-hybridized carbons (Fsp3) is 1.00. The summed E-state index contributed by atoms with van der Waals surface area (Å²) in [5.41, 5.74) is 0. The molecule has 1 atom stereocenters. The van der Waals surface area contributed by atoms with Crippen LogP contribution in [-0.4, -0.2) is 27.6 Å². The molecule has 1 saturated carbocycles. The van der Waals surface area contributed by atoms with Gasteiger partial charge in [0.1, 0.15) is 0 Å². The lowest BCUT2D eigenvalue weighted by molar-refractivity contribution is -0.0136. The van der Waals surface area contributed by atoms with Gasteiger partial charge in [0.25, 0.3) is 0 Å². The lowest BCUT2D eigenvalue weighted by atomic mass is 9.98. The first-order valence-corrected chi connectivity index (χ1v) is 9.53. The highest BCUT2D eigenvalue weighted by Gasteiger charge is 2.54. The Morgan fingerprint density at radius 3 is 2.11 bits per heavy atom. The van der Waals surface area contributed by atoms with Gasteiger partial charge in [0.2, 0.25) is 0 Å². The Kier molecular flexibility index (Phi) is 6.50. The lowest BCUT2D eigenvalue weighted by Gasteiger charge is -2.43. The van der Waals surface area contributed by atoms with E-state index in [9.17, 15) is 0 Å². The fourth-order valence-corrected chi connectivity index (χ4v) is 5.58. The van der Waals surface area contributed by atoms with Crippen LogP contribution in [0.1, 0.15) is 73.6 Å². The lowest BCUT2D eigenvalue weighted by Crippen LogP contribution is -2.56. The van der Waals surface area contributed by atoms with Crippen molar-refractivity contribution in [3.8, 4) is 0 Å². The molecule has 0 radical (unpaired) electrons. The smallest absolute Gasteiger partial charge is 0.373 e. The van der Waals surface area contributed by atoms with Gasteiger partial charge in [-0.25, -0.2) is 0 Å². The number of rotatable bonds is 6. The van der Waals surface area contributed by atoms with E-state index in [1.165, 1.54) is 19.3 Å². The second-order valence-corrected chi connectivity index (χ2v) is 10.2. The summed E-state index contributed by atoms with van der Waals surface area (Å²) in [6.07, 6.45) is 6.65. The molecule has 114 valence electrons. The molecule has 1 unspecified atom stereocenters. The molecule has 0 saturated heterocycles. The van der Waals surface area contributed by atoms with Gasteiger partial charge < -0.3 is 13.3 Å². The van der Waals surface area contributed by atoms with Crippen LogP contribution in [0.3, 0.4) is 0 Å². The molecule has 0 heterocycles. The third kappa shape index (κ3) is 4.85. The quantitative estimate of drug-likeness (QED) is 0.672. The number of hydrogen-bond donors (Lipinski definition) is 0. The Balaban J connectivity index is 2.86. The molecule has 0 bridgehead atoms. The van der Waals surface area contributed by atoms with Gasteiger partial charge in [-0.1, -0.05) is 40.0 Å². The van der Waals surface area contributed by atoms with Gasteiger partial charge in [0.15, 0.2) is 0 Å². The predicted octanol–water partition coefficient (Wildman–Crippen LogP) is 4.54. The first-order valence-electron chi connectivity index (χ1n) is 7.80. The normalized spacial score (nSPS) is 21.6. The van der Waals surface area contributed by atoms with Crippen LogP contribution in [0.4, 0.5) is 0 Å². The van der Waals surface area contributed by atoms with Gasteiger partial charge in [0, 0.05) is 23.9 Å². The zero-order valence-electron chi connectivity index (χ0n) is 13.6. The highest BCUT2D eigenvalue weighted by Crippen LogP contribution is 2.41. The molecule has 0 aromatic rings. The molecule has 0 N–H and O–H groups in total. The highest BCUT2D eigenvalue weighted by molar-refractivity contribution is 6.64. The van der Waals surface area contributed by atoms with Crippen molar-refractivity contribution in [3.63, 3.8) is 0 Å². The first kappa shape index (κ1) is 17.1. The third-order valence-electron chi connectivity index (χ3n) is 3.52. The Morgan fingerprint density at radius 2 is 1.68 bits per heavy atom. The van der Waals surface area contributed by atoms with Crippen molar-refractivity contribution in [2.45, 2.75) is 90.9 Å². The zero-order valence-corrected chi connectivity index (χ0v) is 14.6. The molecule has 0 spiro atoms. The molecular formula is C15H32O3Si. The van der Waals surface area contributed by atoms with E-state index >= 15 is 0 Å². The van der Waals surface area contributed by atoms with Crippen LogP contribution in [0.5, 0.6) is 0 Å². The Labute approximate surface area is 120 Å². The average Bonchev–Trinajstić information content (AvgIpc) is 2.28. The summed E-state index contributed by atoms with van der Waals surface area (Å²) in [5, 5.41) is -0.0786. The molecule has 0 amide bonds. The second kappa shape index (κ2) is 7.20. The van der Waals surface area contributed by atoms with Crippen molar-refractivity contribution < 1.29 is 13.3 Å². The molecule has 19 heavy (non-hydrogen) atoms. The SMILES string of the molecule is CCO[Si](OC(C)C)(OC1CCCCC1)C(C)(C)C. The molecule has 1 aliphatic carbocycles. The third-order valence-corrected chi connectivity index (χ3v) is 7.45. The largest absolute Gasteiger partial charge is 0.507 e. The first-order chi connectivity index (χ1) is 8.81. The summed E-state index contributed by atoms with van der Waals surface area (Å²) >= 11 is 0. The molecule has 0 aromatic heterocycles. The molecule has 1 fully saturated rings. The van der Waals surface area contributed by atoms with Gasteiger partial charge >= 0.3 is 8.80 Å². The van der Waals surface area contributed by atoms with E-state index in [1.54, 1.807) is 0 Å². The van der Waals surface area contributed by atoms with Crippen LogP contribution in [0.2, 0.25) is 5.04 Å². The minimum atomic E-state index is -2.65. The predicted molar refractivity (Wildman–Crippen MR) is 81.3 cm³/mol. The fourth-order valence-electron chi connectivity index (χ4n) is 2.57. The molecule has 1 rings (SSSR count). The molecule has 1 aliphatic rings. The van der Waals surface area contributed by atoms with E-state index in [2.05, 4.69) is 34.6 Å². The van der Waals surface area contributed by atoms with Gasteiger partial charge in [0.05, 0.1) is 0 Å². The van der Waals surface area contributed by atoms with Gasteiger partial charge in [-0.15, -0.1) is 0 Å². The average molecular weight is 289 g/mol. The van der Waals surface area contributed by atoms with Crippen molar-refractivity contribution in [2.75, 3.05) is 6.61 Å². The van der Waals surface area contributed by atoms with E-state index in [-0.39, 0.29) is 11.1 Å². The van der Waals surface area contributed by atoms with Gasteiger partial charge in [-0.3, -0.25) is 0 Å². The van der Waals surface area contributed by atoms with Crippen LogP contribution in [-0.2, 0) is 13.3 Å². The van der Waals surface area contributed by atoms with E-state index in [4.69, 9.17) is 13.3 Å². The topological polar surface area (TPSA) is 27.7 Å². The summed E-state index contributed by atoms with van der Waals surface area (Å²) < 4.78 is 18.8.